The van der Waals surface area contributed by atoms with Crippen molar-refractivity contribution in [2.45, 2.75) is 55.4 Å². The molecule has 0 heterocycles. The molecule has 5 heteroatoms. The molecule has 0 aliphatic carbocycles. The molecule has 0 fully saturated rings. The summed E-state index contributed by atoms with van der Waals surface area (Å²) in [6.45, 7) is 23.5. The first-order valence-corrected chi connectivity index (χ1v) is 18.3. The molecule has 6 rings (SSSR count). The van der Waals surface area contributed by atoms with Crippen molar-refractivity contribution in [3.63, 3.8) is 0 Å². The summed E-state index contributed by atoms with van der Waals surface area (Å²) in [7, 11) is 0. The van der Waals surface area contributed by atoms with E-state index in [0.29, 0.717) is 23.2 Å². The van der Waals surface area contributed by atoms with E-state index in [4.69, 9.17) is 11.5 Å². The molecule has 312 valence electrons. The van der Waals surface area contributed by atoms with Crippen LogP contribution in [0.5, 0.6) is 0 Å². The maximum absolute atomic E-state index is 7.71. The summed E-state index contributed by atoms with van der Waals surface area (Å²) >= 11 is 0. The van der Waals surface area contributed by atoms with Gasteiger partial charge in [-0.05, 0) is 39.9 Å². The molecule has 0 amide bonds. The van der Waals surface area contributed by atoms with Crippen LogP contribution in [0.15, 0.2) is 164 Å². The van der Waals surface area contributed by atoms with E-state index in [2.05, 4.69) is 65.5 Å². The molecule has 0 radical (unpaired) electrons. The minimum atomic E-state index is 0. The van der Waals surface area contributed by atoms with Crippen LogP contribution in [0.2, 0.25) is 0 Å². The Balaban J connectivity index is -0.000000304. The Bertz CT molecular complexity index is 1500. The van der Waals surface area contributed by atoms with Crippen molar-refractivity contribution < 1.29 is 46.6 Å². The van der Waals surface area contributed by atoms with Crippen LogP contribution in [0.1, 0.15) is 55.4 Å². The van der Waals surface area contributed by atoms with Crippen LogP contribution in [0, 0.1) is 46.0 Å². The third-order valence-electron chi connectivity index (χ3n) is 6.13. The topological polar surface area (TPSA) is 75.2 Å². The summed E-state index contributed by atoms with van der Waals surface area (Å²) in [5.74, 6) is 1.17. The second-order valence-corrected chi connectivity index (χ2v) is 12.8. The van der Waals surface area contributed by atoms with E-state index in [0.717, 1.165) is 27.9 Å². The van der Waals surface area contributed by atoms with Gasteiger partial charge in [-0.2, -0.15) is 39.5 Å². The largest absolute Gasteiger partial charge is 0.698 e. The van der Waals surface area contributed by atoms with Crippen molar-refractivity contribution >= 4 is 17.1 Å². The monoisotopic (exact) mass is 933 g/mol. The minimum Gasteiger partial charge on any atom is -0.698 e. The molecule has 0 aliphatic rings. The zero-order chi connectivity index (χ0) is 39.9. The zero-order valence-corrected chi connectivity index (χ0v) is 38.3. The molecule has 6 aromatic rings. The van der Waals surface area contributed by atoms with Crippen molar-refractivity contribution in [3.05, 3.63) is 209 Å². The van der Waals surface area contributed by atoms with E-state index in [-0.39, 0.29) is 48.3 Å². The summed E-state index contributed by atoms with van der Waals surface area (Å²) in [5, 5.41) is 0. The maximum Gasteiger partial charge on any atom is 0.135 e. The molecule has 0 saturated carbocycles. The molecule has 0 bridgehead atoms. The van der Waals surface area contributed by atoms with E-state index in [9.17, 15) is 0 Å². The average Bonchev–Trinajstić information content (AvgIpc) is 3.14. The Hall–Kier alpha value is -3.80. The Morgan fingerprint density at radius 3 is 0.857 bits per heavy atom. The summed E-state index contributed by atoms with van der Waals surface area (Å²) < 4.78 is 0. The zero-order valence-electron chi connectivity index (χ0n) is 35.2. The molecule has 56 heavy (non-hydrogen) atoms. The first-order valence-electron chi connectivity index (χ1n) is 18.3. The van der Waals surface area contributed by atoms with Gasteiger partial charge in [0.25, 0.3) is 0 Å². The predicted molar refractivity (Wildman–Crippen MR) is 244 cm³/mol. The molecule has 6 aromatic carbocycles. The minimum absolute atomic E-state index is 0. The normalized spacial score (nSPS) is 8.80. The Morgan fingerprint density at radius 1 is 0.411 bits per heavy atom. The van der Waals surface area contributed by atoms with Crippen LogP contribution in [-0.4, -0.2) is 0 Å². The molecule has 3 nitrogen and oxygen atoms in total. The summed E-state index contributed by atoms with van der Waals surface area (Å²) in [4.78, 5) is 0. The third kappa shape index (κ3) is 28.6. The quantitative estimate of drug-likeness (QED) is 0.136. The standard InChI is InChI=1S/C12H11N.2C12H10N.2C4H9.2C3H7.CH3.2Pd/c3*13-12-9-5-4-8-11(12)10-6-2-1-3-7-10;2*1-4(2)3;2*1-3-2;;;/h1-9H,13H2;2*1-9,13H;2*4H,1H2,2-3H3;2*3H,1-2H3;1H3;;/q;7*-1;;/p+1. The van der Waals surface area contributed by atoms with Gasteiger partial charge < -0.3 is 51.3 Å². The van der Waals surface area contributed by atoms with Gasteiger partial charge in [0.1, 0.15) is 5.69 Å². The number of hydrogen-bond acceptors (Lipinski definition) is 0. The first kappa shape index (κ1) is 58.9. The molecular weight excluding hydrogens is 867 g/mol. The molecule has 0 aromatic heterocycles. The number of quaternary nitrogens is 1. The summed E-state index contributed by atoms with van der Waals surface area (Å²) in [5.41, 5.74) is 28.3. The fourth-order valence-corrected chi connectivity index (χ4v) is 4.12. The Kier molecular flexibility index (Phi) is 40.1. The Labute approximate surface area is 371 Å². The molecule has 0 aliphatic heterocycles. The van der Waals surface area contributed by atoms with E-state index in [1.165, 1.54) is 11.1 Å². The van der Waals surface area contributed by atoms with Gasteiger partial charge in [-0.15, -0.1) is 11.4 Å². The molecule has 5 N–H and O–H groups in total. The van der Waals surface area contributed by atoms with E-state index in [1.807, 2.05) is 186 Å². The van der Waals surface area contributed by atoms with Crippen LogP contribution in [0.4, 0.5) is 17.1 Å². The smallest absolute Gasteiger partial charge is 0.135 e. The molecule has 0 unspecified atom stereocenters. The van der Waals surface area contributed by atoms with E-state index in [1.54, 1.807) is 0 Å². The van der Waals surface area contributed by atoms with Crippen molar-refractivity contribution in [2.24, 2.45) is 11.8 Å². The van der Waals surface area contributed by atoms with Crippen molar-refractivity contribution in [1.82, 2.24) is 0 Å². The third-order valence-corrected chi connectivity index (χ3v) is 6.13. The molecule has 0 saturated heterocycles. The molecule has 0 spiro atoms. The van der Waals surface area contributed by atoms with Crippen LogP contribution in [0.3, 0.4) is 0 Å². The maximum atomic E-state index is 7.71. The van der Waals surface area contributed by atoms with Crippen LogP contribution < -0.4 is 5.73 Å². The van der Waals surface area contributed by atoms with Crippen molar-refractivity contribution in [3.8, 4) is 33.4 Å². The second-order valence-electron chi connectivity index (χ2n) is 12.8. The van der Waals surface area contributed by atoms with Gasteiger partial charge in [0.15, 0.2) is 0 Å². The van der Waals surface area contributed by atoms with Crippen LogP contribution in [0.25, 0.3) is 44.8 Å². The van der Waals surface area contributed by atoms with E-state index >= 15 is 0 Å². The fraction of sp³-hybridized carbons (Fsp3) is 0.196. The summed E-state index contributed by atoms with van der Waals surface area (Å²) in [6.07, 6.45) is 4.00. The van der Waals surface area contributed by atoms with Gasteiger partial charge in [0.05, 0.1) is 0 Å². The fourth-order valence-electron chi connectivity index (χ4n) is 4.12. The van der Waals surface area contributed by atoms with Gasteiger partial charge in [-0.3, -0.25) is 0 Å². The average molecular weight is 935 g/mol. The number of hydrogen-bond donors (Lipinski definition) is 1. The van der Waals surface area contributed by atoms with Crippen LogP contribution >= 0.6 is 0 Å². The second kappa shape index (κ2) is 38.1. The van der Waals surface area contributed by atoms with Gasteiger partial charge in [-0.25, -0.2) is 0 Å². The Morgan fingerprint density at radius 2 is 0.607 bits per heavy atom. The van der Waals surface area contributed by atoms with Gasteiger partial charge in [0, 0.05) is 46.4 Å². The molecule has 0 atom stereocenters. The van der Waals surface area contributed by atoms with Gasteiger partial charge in [-0.1, -0.05) is 179 Å². The SMILES string of the molecule is C[CH-]C.C[CH-]C.[CH2-]C(C)C.[CH2-]C(C)C.[CH3-].[NH-]c1ccccc1-c1ccccc1.[NH-]c1ccccc1-c1ccccc1.[NH3+]c1ccccc1-c1ccccc1.[Pd].[Pd]. The first-order chi connectivity index (χ1) is 25.4. The van der Waals surface area contributed by atoms with E-state index < -0.39 is 0 Å². The van der Waals surface area contributed by atoms with Gasteiger partial charge >= 0.3 is 0 Å². The predicted octanol–water partition coefficient (Wildman–Crippen LogP) is 16.2. The molecular formula is C51H67N3Pd2-6. The number of nitrogens with one attached hydrogen (secondary N) is 2. The number of rotatable bonds is 3. The van der Waals surface area contributed by atoms with Gasteiger partial charge in [0.2, 0.25) is 0 Å². The number of benzene rings is 6. The summed E-state index contributed by atoms with van der Waals surface area (Å²) in [6, 6.07) is 53.7. The van der Waals surface area contributed by atoms with Crippen LogP contribution in [-0.2, 0) is 40.8 Å². The van der Waals surface area contributed by atoms with Crippen molar-refractivity contribution in [1.29, 1.82) is 0 Å². The van der Waals surface area contributed by atoms with Crippen molar-refractivity contribution in [2.75, 3.05) is 0 Å².